The van der Waals surface area contributed by atoms with E-state index in [0.29, 0.717) is 0 Å². The molecule has 0 amide bonds. The third-order valence-corrected chi connectivity index (χ3v) is 3.77. The summed E-state index contributed by atoms with van der Waals surface area (Å²) in [6.07, 6.45) is 0. The first-order valence-electron chi connectivity index (χ1n) is 6.46. The van der Waals surface area contributed by atoms with E-state index in [1.54, 1.807) is 11.3 Å². The van der Waals surface area contributed by atoms with E-state index in [2.05, 4.69) is 47.1 Å². The van der Waals surface area contributed by atoms with Crippen molar-refractivity contribution < 1.29 is 0 Å². The zero-order valence-corrected chi connectivity index (χ0v) is 12.5. The topological polar surface area (TPSA) is 41.0 Å². The maximum absolute atomic E-state index is 4.59. The summed E-state index contributed by atoms with van der Waals surface area (Å²) in [6.45, 7) is 6.79. The molecule has 5 heteroatoms. The molecule has 0 aromatic carbocycles. The van der Waals surface area contributed by atoms with E-state index < -0.39 is 0 Å². The molecule has 0 aliphatic carbocycles. The van der Waals surface area contributed by atoms with Crippen LogP contribution in [0.25, 0.3) is 0 Å². The van der Waals surface area contributed by atoms with Gasteiger partial charge in [-0.1, -0.05) is 6.07 Å². The van der Waals surface area contributed by atoms with Crippen LogP contribution in [0.4, 0.5) is 5.82 Å². The number of nitrogens with one attached hydrogen (secondary N) is 1. The number of anilines is 1. The summed E-state index contributed by atoms with van der Waals surface area (Å²) >= 11 is 1.71. The van der Waals surface area contributed by atoms with Gasteiger partial charge in [0.15, 0.2) is 0 Å². The van der Waals surface area contributed by atoms with E-state index in [4.69, 9.17) is 0 Å². The number of hydrogen-bond donors (Lipinski definition) is 1. The fourth-order valence-corrected chi connectivity index (χ4v) is 2.76. The second-order valence-corrected chi connectivity index (χ2v) is 5.52. The van der Waals surface area contributed by atoms with Gasteiger partial charge in [-0.3, -0.25) is 4.90 Å². The largest absolute Gasteiger partial charge is 0.370 e. The molecule has 0 unspecified atom stereocenters. The van der Waals surface area contributed by atoms with Crippen molar-refractivity contribution in [2.24, 2.45) is 0 Å². The Hall–Kier alpha value is -1.46. The number of thiazole rings is 1. The molecule has 1 N–H and O–H groups in total. The first-order valence-corrected chi connectivity index (χ1v) is 7.34. The zero-order chi connectivity index (χ0) is 13.7. The van der Waals surface area contributed by atoms with E-state index in [0.717, 1.165) is 36.8 Å². The third kappa shape index (κ3) is 4.01. The Morgan fingerprint density at radius 3 is 2.84 bits per heavy atom. The monoisotopic (exact) mass is 276 g/mol. The van der Waals surface area contributed by atoms with Gasteiger partial charge in [-0.15, -0.1) is 11.3 Å². The highest BCUT2D eigenvalue weighted by Crippen LogP contribution is 2.15. The maximum Gasteiger partial charge on any atom is 0.126 e. The SMILES string of the molecule is CCNc1cccc(CN(C)Cc2scnc2C)n1. The second-order valence-electron chi connectivity index (χ2n) is 4.58. The molecular formula is C14H20N4S. The highest BCUT2D eigenvalue weighted by Gasteiger charge is 2.07. The van der Waals surface area contributed by atoms with Gasteiger partial charge >= 0.3 is 0 Å². The Morgan fingerprint density at radius 1 is 1.32 bits per heavy atom. The lowest BCUT2D eigenvalue weighted by atomic mass is 10.3. The maximum atomic E-state index is 4.59. The highest BCUT2D eigenvalue weighted by molar-refractivity contribution is 7.09. The fraction of sp³-hybridized carbons (Fsp3) is 0.429. The molecule has 2 heterocycles. The lowest BCUT2D eigenvalue weighted by Gasteiger charge is -2.16. The predicted octanol–water partition coefficient (Wildman–Crippen LogP) is 2.91. The summed E-state index contributed by atoms with van der Waals surface area (Å²) in [5.41, 5.74) is 4.12. The van der Waals surface area contributed by atoms with Crippen molar-refractivity contribution in [1.29, 1.82) is 0 Å². The Kier molecular flexibility index (Phi) is 4.87. The minimum absolute atomic E-state index is 0.844. The molecule has 0 radical (unpaired) electrons. The van der Waals surface area contributed by atoms with Crippen LogP contribution in [0.5, 0.6) is 0 Å². The quantitative estimate of drug-likeness (QED) is 0.881. The van der Waals surface area contributed by atoms with Crippen LogP contribution < -0.4 is 5.32 Å². The van der Waals surface area contributed by atoms with E-state index in [1.165, 1.54) is 4.88 Å². The molecule has 0 saturated carbocycles. The van der Waals surface area contributed by atoms with Crippen LogP contribution in [-0.2, 0) is 13.1 Å². The van der Waals surface area contributed by atoms with Gasteiger partial charge in [0.05, 0.1) is 16.9 Å². The minimum atomic E-state index is 0.844. The van der Waals surface area contributed by atoms with Crippen molar-refractivity contribution in [2.75, 3.05) is 18.9 Å². The van der Waals surface area contributed by atoms with Gasteiger partial charge in [0.25, 0.3) is 0 Å². The van der Waals surface area contributed by atoms with Gasteiger partial charge in [0.2, 0.25) is 0 Å². The Bertz CT molecular complexity index is 524. The summed E-state index contributed by atoms with van der Waals surface area (Å²) < 4.78 is 0. The highest BCUT2D eigenvalue weighted by atomic mass is 32.1. The number of rotatable bonds is 6. The first kappa shape index (κ1) is 14.0. The van der Waals surface area contributed by atoms with Crippen LogP contribution in [0, 0.1) is 6.92 Å². The normalized spacial score (nSPS) is 10.9. The molecule has 0 spiro atoms. The van der Waals surface area contributed by atoms with Crippen LogP contribution in [0.2, 0.25) is 0 Å². The lowest BCUT2D eigenvalue weighted by Crippen LogP contribution is -2.18. The van der Waals surface area contributed by atoms with Crippen molar-refractivity contribution >= 4 is 17.2 Å². The fourth-order valence-electron chi connectivity index (χ4n) is 1.90. The van der Waals surface area contributed by atoms with Crippen LogP contribution >= 0.6 is 11.3 Å². The van der Waals surface area contributed by atoms with Gasteiger partial charge in [-0.25, -0.2) is 9.97 Å². The number of aryl methyl sites for hydroxylation is 1. The standard InChI is InChI=1S/C14H20N4S/c1-4-15-14-7-5-6-12(17-14)8-18(3)9-13-11(2)16-10-19-13/h5-7,10H,4,8-9H2,1-3H3,(H,15,17). The van der Waals surface area contributed by atoms with Gasteiger partial charge < -0.3 is 5.32 Å². The average molecular weight is 276 g/mol. The van der Waals surface area contributed by atoms with Gasteiger partial charge in [-0.2, -0.15) is 0 Å². The minimum Gasteiger partial charge on any atom is -0.370 e. The summed E-state index contributed by atoms with van der Waals surface area (Å²) in [6, 6.07) is 6.11. The van der Waals surface area contributed by atoms with Gasteiger partial charge in [0.1, 0.15) is 5.82 Å². The molecule has 2 aromatic rings. The van der Waals surface area contributed by atoms with Crippen LogP contribution in [0.1, 0.15) is 23.2 Å². The molecule has 2 aromatic heterocycles. The van der Waals surface area contributed by atoms with E-state index >= 15 is 0 Å². The molecule has 4 nitrogen and oxygen atoms in total. The average Bonchev–Trinajstić information content (AvgIpc) is 2.76. The molecule has 0 aliphatic heterocycles. The Labute approximate surface area is 118 Å². The lowest BCUT2D eigenvalue weighted by molar-refractivity contribution is 0.317. The first-order chi connectivity index (χ1) is 9.19. The molecule has 0 bridgehead atoms. The summed E-state index contributed by atoms with van der Waals surface area (Å²) in [4.78, 5) is 12.5. The Morgan fingerprint density at radius 2 is 2.16 bits per heavy atom. The van der Waals surface area contributed by atoms with Crippen molar-refractivity contribution in [3.05, 3.63) is 40.0 Å². The zero-order valence-electron chi connectivity index (χ0n) is 11.7. The van der Waals surface area contributed by atoms with E-state index in [-0.39, 0.29) is 0 Å². The van der Waals surface area contributed by atoms with Crippen molar-refractivity contribution in [2.45, 2.75) is 26.9 Å². The van der Waals surface area contributed by atoms with E-state index in [9.17, 15) is 0 Å². The number of aromatic nitrogens is 2. The number of nitrogens with zero attached hydrogens (tertiary/aromatic N) is 3. The van der Waals surface area contributed by atoms with Gasteiger partial charge in [-0.05, 0) is 33.0 Å². The molecule has 102 valence electrons. The molecule has 2 rings (SSSR count). The molecule has 0 aliphatic rings. The van der Waals surface area contributed by atoms with Crippen LogP contribution in [0.3, 0.4) is 0 Å². The third-order valence-electron chi connectivity index (χ3n) is 2.85. The van der Waals surface area contributed by atoms with E-state index in [1.807, 2.05) is 17.6 Å². The molecule has 0 fully saturated rings. The summed E-state index contributed by atoms with van der Waals surface area (Å²) in [7, 11) is 2.11. The summed E-state index contributed by atoms with van der Waals surface area (Å²) in [5.74, 6) is 0.947. The van der Waals surface area contributed by atoms with Gasteiger partial charge in [0, 0.05) is 24.5 Å². The smallest absolute Gasteiger partial charge is 0.126 e. The van der Waals surface area contributed by atoms with Crippen LogP contribution in [0.15, 0.2) is 23.7 Å². The number of hydrogen-bond acceptors (Lipinski definition) is 5. The molecule has 19 heavy (non-hydrogen) atoms. The van der Waals surface area contributed by atoms with Crippen molar-refractivity contribution in [1.82, 2.24) is 14.9 Å². The number of pyridine rings is 1. The molecule has 0 atom stereocenters. The predicted molar refractivity (Wildman–Crippen MR) is 80.4 cm³/mol. The van der Waals surface area contributed by atoms with Crippen molar-refractivity contribution in [3.8, 4) is 0 Å². The molecule has 0 saturated heterocycles. The second kappa shape index (κ2) is 6.63. The molecular weight excluding hydrogens is 256 g/mol. The summed E-state index contributed by atoms with van der Waals surface area (Å²) in [5, 5.41) is 3.24. The van der Waals surface area contributed by atoms with Crippen molar-refractivity contribution in [3.63, 3.8) is 0 Å². The Balaban J connectivity index is 1.96. The van der Waals surface area contributed by atoms with Crippen LogP contribution in [-0.4, -0.2) is 28.5 Å².